The second-order valence-electron chi connectivity index (χ2n) is 4.08. The van der Waals surface area contributed by atoms with E-state index in [1.807, 2.05) is 6.92 Å². The van der Waals surface area contributed by atoms with Gasteiger partial charge in [-0.15, -0.1) is 11.3 Å². The van der Waals surface area contributed by atoms with Crippen molar-refractivity contribution >= 4 is 34.9 Å². The second-order valence-corrected chi connectivity index (χ2v) is 5.00. The topological polar surface area (TPSA) is 84.9 Å². The summed E-state index contributed by atoms with van der Waals surface area (Å²) >= 11 is 1.19. The maximum absolute atomic E-state index is 12.0. The largest absolute Gasteiger partial charge is 0.468 e. The molecule has 0 spiro atoms. The van der Waals surface area contributed by atoms with Gasteiger partial charge in [0.05, 0.1) is 33.0 Å². The molecule has 1 rings (SSSR count). The maximum atomic E-state index is 12.0. The Morgan fingerprint density at radius 1 is 1.24 bits per heavy atom. The highest BCUT2D eigenvalue weighted by atomic mass is 32.1. The van der Waals surface area contributed by atoms with E-state index >= 15 is 0 Å². The predicted octanol–water partition coefficient (Wildman–Crippen LogP) is 0.968. The Bertz CT molecular complexity index is 514. The van der Waals surface area contributed by atoms with Gasteiger partial charge < -0.3 is 14.8 Å². The number of carbonyl (C=O) groups excluding carboxylic acids is 3. The Morgan fingerprint density at radius 3 is 2.52 bits per heavy atom. The Balaban J connectivity index is 2.62. The first-order valence-electron chi connectivity index (χ1n) is 6.26. The summed E-state index contributed by atoms with van der Waals surface area (Å²) in [4.78, 5) is 36.6. The van der Waals surface area contributed by atoms with Gasteiger partial charge in [0.25, 0.3) is 0 Å². The van der Waals surface area contributed by atoms with Crippen LogP contribution in [-0.2, 0) is 19.1 Å². The summed E-state index contributed by atoms with van der Waals surface area (Å²) in [6.07, 6.45) is 0. The monoisotopic (exact) mass is 314 g/mol. The highest BCUT2D eigenvalue weighted by molar-refractivity contribution is 7.12. The van der Waals surface area contributed by atoms with Crippen molar-refractivity contribution in [3.05, 3.63) is 16.3 Å². The van der Waals surface area contributed by atoms with Gasteiger partial charge in [-0.1, -0.05) is 6.92 Å². The van der Waals surface area contributed by atoms with Gasteiger partial charge in [0.15, 0.2) is 0 Å². The van der Waals surface area contributed by atoms with Crippen LogP contribution in [0.2, 0.25) is 0 Å². The smallest absolute Gasteiger partial charge is 0.350 e. The summed E-state index contributed by atoms with van der Waals surface area (Å²) < 4.78 is 9.20. The zero-order valence-electron chi connectivity index (χ0n) is 12.2. The van der Waals surface area contributed by atoms with Crippen molar-refractivity contribution in [2.45, 2.75) is 6.92 Å². The van der Waals surface area contributed by atoms with Crippen LogP contribution in [0.15, 0.2) is 11.4 Å². The van der Waals surface area contributed by atoms with E-state index in [-0.39, 0.29) is 19.0 Å². The fourth-order valence-electron chi connectivity index (χ4n) is 1.58. The number of esters is 2. The number of methoxy groups -OCH3 is 2. The molecule has 8 heteroatoms. The SMILES string of the molecule is CCN(CC(=O)Nc1ccsc1C(=O)OC)CC(=O)OC. The summed E-state index contributed by atoms with van der Waals surface area (Å²) in [5, 5.41) is 4.33. The third-order valence-corrected chi connectivity index (χ3v) is 3.60. The molecule has 21 heavy (non-hydrogen) atoms. The summed E-state index contributed by atoms with van der Waals surface area (Å²) in [6.45, 7) is 2.42. The maximum Gasteiger partial charge on any atom is 0.350 e. The minimum absolute atomic E-state index is 0.0298. The number of ether oxygens (including phenoxy) is 2. The van der Waals surface area contributed by atoms with Gasteiger partial charge in [0, 0.05) is 0 Å². The van der Waals surface area contributed by atoms with Crippen LogP contribution in [-0.4, -0.2) is 56.6 Å². The Morgan fingerprint density at radius 2 is 1.95 bits per heavy atom. The van der Waals surface area contributed by atoms with E-state index in [0.29, 0.717) is 17.1 Å². The number of nitrogens with one attached hydrogen (secondary N) is 1. The first kappa shape index (κ1) is 17.1. The van der Waals surface area contributed by atoms with Crippen LogP contribution in [0, 0.1) is 0 Å². The van der Waals surface area contributed by atoms with E-state index in [2.05, 4.69) is 14.8 Å². The molecule has 0 aliphatic heterocycles. The van der Waals surface area contributed by atoms with Crippen LogP contribution in [0.25, 0.3) is 0 Å². The van der Waals surface area contributed by atoms with Gasteiger partial charge >= 0.3 is 11.9 Å². The first-order valence-corrected chi connectivity index (χ1v) is 7.14. The van der Waals surface area contributed by atoms with E-state index < -0.39 is 11.9 Å². The van der Waals surface area contributed by atoms with E-state index in [9.17, 15) is 14.4 Å². The molecule has 0 saturated heterocycles. The van der Waals surface area contributed by atoms with Crippen molar-refractivity contribution < 1.29 is 23.9 Å². The third kappa shape index (κ3) is 5.16. The highest BCUT2D eigenvalue weighted by Gasteiger charge is 2.18. The molecule has 0 aliphatic carbocycles. The molecular weight excluding hydrogens is 296 g/mol. The van der Waals surface area contributed by atoms with Crippen LogP contribution in [0.1, 0.15) is 16.6 Å². The van der Waals surface area contributed by atoms with Crippen molar-refractivity contribution in [2.75, 3.05) is 39.2 Å². The molecule has 0 fully saturated rings. The van der Waals surface area contributed by atoms with Crippen LogP contribution in [0.4, 0.5) is 5.69 Å². The predicted molar refractivity (Wildman–Crippen MR) is 78.4 cm³/mol. The lowest BCUT2D eigenvalue weighted by molar-refractivity contribution is -0.142. The number of amides is 1. The lowest BCUT2D eigenvalue weighted by Gasteiger charge is -2.18. The molecule has 7 nitrogen and oxygen atoms in total. The number of thiophene rings is 1. The molecule has 0 aliphatic rings. The fraction of sp³-hybridized carbons (Fsp3) is 0.462. The number of hydrogen-bond donors (Lipinski definition) is 1. The Kier molecular flexibility index (Phi) is 6.83. The van der Waals surface area contributed by atoms with Crippen molar-refractivity contribution in [1.82, 2.24) is 4.90 Å². The summed E-state index contributed by atoms with van der Waals surface area (Å²) in [7, 11) is 2.58. The van der Waals surface area contributed by atoms with Crippen molar-refractivity contribution in [2.24, 2.45) is 0 Å². The van der Waals surface area contributed by atoms with E-state index in [1.165, 1.54) is 25.6 Å². The average Bonchev–Trinajstić information content (AvgIpc) is 2.93. The van der Waals surface area contributed by atoms with Gasteiger partial charge in [-0.2, -0.15) is 0 Å². The molecule has 0 atom stereocenters. The number of rotatable bonds is 7. The van der Waals surface area contributed by atoms with Gasteiger partial charge in [-0.25, -0.2) is 4.79 Å². The van der Waals surface area contributed by atoms with Crippen LogP contribution in [0.3, 0.4) is 0 Å². The quantitative estimate of drug-likeness (QED) is 0.755. The van der Waals surface area contributed by atoms with Gasteiger partial charge in [0.2, 0.25) is 5.91 Å². The summed E-state index contributed by atoms with van der Waals surface area (Å²) in [5.41, 5.74) is 0.408. The molecule has 1 heterocycles. The zero-order chi connectivity index (χ0) is 15.8. The first-order chi connectivity index (χ1) is 10.0. The van der Waals surface area contributed by atoms with E-state index in [4.69, 9.17) is 0 Å². The molecule has 0 saturated carbocycles. The Labute approximate surface area is 126 Å². The number of anilines is 1. The Hall–Kier alpha value is -1.93. The van der Waals surface area contributed by atoms with Crippen molar-refractivity contribution in [3.8, 4) is 0 Å². The van der Waals surface area contributed by atoms with Crippen molar-refractivity contribution in [1.29, 1.82) is 0 Å². The van der Waals surface area contributed by atoms with E-state index in [1.54, 1.807) is 16.3 Å². The molecule has 116 valence electrons. The summed E-state index contributed by atoms with van der Waals surface area (Å²) in [6, 6.07) is 1.63. The molecule has 0 unspecified atom stereocenters. The molecule has 0 radical (unpaired) electrons. The molecule has 1 aromatic heterocycles. The minimum Gasteiger partial charge on any atom is -0.468 e. The van der Waals surface area contributed by atoms with Crippen molar-refractivity contribution in [3.63, 3.8) is 0 Å². The molecular formula is C13H18N2O5S. The lowest BCUT2D eigenvalue weighted by Crippen LogP contribution is -2.37. The van der Waals surface area contributed by atoms with Crippen LogP contribution in [0.5, 0.6) is 0 Å². The molecule has 1 amide bonds. The van der Waals surface area contributed by atoms with Crippen LogP contribution < -0.4 is 5.32 Å². The summed E-state index contributed by atoms with van der Waals surface area (Å²) in [5.74, 6) is -1.22. The van der Waals surface area contributed by atoms with Gasteiger partial charge in [-0.05, 0) is 18.0 Å². The van der Waals surface area contributed by atoms with Crippen LogP contribution >= 0.6 is 11.3 Å². The number of likely N-dealkylation sites (N-methyl/N-ethyl adjacent to an activating group) is 1. The highest BCUT2D eigenvalue weighted by Crippen LogP contribution is 2.22. The lowest BCUT2D eigenvalue weighted by atomic mass is 10.3. The minimum atomic E-state index is -0.498. The number of nitrogens with zero attached hydrogens (tertiary/aromatic N) is 1. The number of hydrogen-bond acceptors (Lipinski definition) is 7. The zero-order valence-corrected chi connectivity index (χ0v) is 13.0. The molecule has 1 aromatic rings. The fourth-order valence-corrected chi connectivity index (χ4v) is 2.34. The molecule has 0 aromatic carbocycles. The molecule has 1 N–H and O–H groups in total. The normalized spacial score (nSPS) is 10.3. The third-order valence-electron chi connectivity index (χ3n) is 2.70. The number of carbonyl (C=O) groups is 3. The average molecular weight is 314 g/mol. The second kappa shape index (κ2) is 8.38. The van der Waals surface area contributed by atoms with E-state index in [0.717, 1.165) is 0 Å². The molecule has 0 bridgehead atoms. The van der Waals surface area contributed by atoms with Gasteiger partial charge in [-0.3, -0.25) is 14.5 Å². The standard InChI is InChI=1S/C13H18N2O5S/c1-4-15(8-11(17)19-2)7-10(16)14-9-5-6-21-12(9)13(18)20-3/h5-6H,4,7-8H2,1-3H3,(H,14,16). The van der Waals surface area contributed by atoms with Gasteiger partial charge in [0.1, 0.15) is 4.88 Å².